The molecule has 0 spiro atoms. The van der Waals surface area contributed by atoms with Crippen LogP contribution < -0.4 is 10.1 Å². The first kappa shape index (κ1) is 14.5. The molecule has 0 amide bonds. The summed E-state index contributed by atoms with van der Waals surface area (Å²) >= 11 is 0. The summed E-state index contributed by atoms with van der Waals surface area (Å²) in [5.74, 6) is 1.05. The Morgan fingerprint density at radius 2 is 2.17 bits per heavy atom. The lowest BCUT2D eigenvalue weighted by Crippen LogP contribution is -2.27. The van der Waals surface area contributed by atoms with E-state index in [1.165, 1.54) is 0 Å². The minimum Gasteiger partial charge on any atom is -0.497 e. The molecule has 0 aromatic heterocycles. The Labute approximate surface area is 108 Å². The summed E-state index contributed by atoms with van der Waals surface area (Å²) in [6.45, 7) is 5.53. The van der Waals surface area contributed by atoms with Gasteiger partial charge >= 0.3 is 5.97 Å². The predicted molar refractivity (Wildman–Crippen MR) is 70.5 cm³/mol. The van der Waals surface area contributed by atoms with E-state index in [4.69, 9.17) is 9.47 Å². The fourth-order valence-corrected chi connectivity index (χ4v) is 1.44. The van der Waals surface area contributed by atoms with E-state index in [1.807, 2.05) is 24.3 Å². The van der Waals surface area contributed by atoms with Crippen molar-refractivity contribution in [2.75, 3.05) is 20.2 Å². The maximum absolute atomic E-state index is 11.4. The number of hydrogen-bond acceptors (Lipinski definition) is 4. The van der Waals surface area contributed by atoms with E-state index in [-0.39, 0.29) is 19.1 Å². The summed E-state index contributed by atoms with van der Waals surface area (Å²) in [7, 11) is 1.61. The van der Waals surface area contributed by atoms with Gasteiger partial charge in [-0.1, -0.05) is 26.0 Å². The molecule has 18 heavy (non-hydrogen) atoms. The van der Waals surface area contributed by atoms with Gasteiger partial charge in [-0.15, -0.1) is 0 Å². The summed E-state index contributed by atoms with van der Waals surface area (Å²) in [5.41, 5.74) is 0.923. The first-order chi connectivity index (χ1) is 8.61. The summed E-state index contributed by atoms with van der Waals surface area (Å²) in [6, 6.07) is 7.49. The topological polar surface area (TPSA) is 47.6 Å². The lowest BCUT2D eigenvalue weighted by molar-refractivity contribution is -0.143. The highest BCUT2D eigenvalue weighted by molar-refractivity contribution is 5.71. The predicted octanol–water partition coefficient (Wildman–Crippen LogP) is 1.98. The highest BCUT2D eigenvalue weighted by Gasteiger charge is 2.04. The first-order valence-corrected chi connectivity index (χ1v) is 6.11. The quantitative estimate of drug-likeness (QED) is 0.753. The maximum atomic E-state index is 11.4. The van der Waals surface area contributed by atoms with Gasteiger partial charge in [0.15, 0.2) is 0 Å². The van der Waals surface area contributed by atoms with E-state index in [0.717, 1.165) is 17.9 Å². The van der Waals surface area contributed by atoms with Crippen LogP contribution in [0.15, 0.2) is 24.3 Å². The molecule has 4 nitrogen and oxygen atoms in total. The number of benzene rings is 1. The molecule has 1 aromatic carbocycles. The van der Waals surface area contributed by atoms with E-state index in [0.29, 0.717) is 5.92 Å². The molecule has 0 saturated carbocycles. The van der Waals surface area contributed by atoms with Crippen LogP contribution in [0.4, 0.5) is 0 Å². The SMILES string of the molecule is COc1cccc(COC(=O)CNCC(C)C)c1. The van der Waals surface area contributed by atoms with Gasteiger partial charge in [-0.2, -0.15) is 0 Å². The number of methoxy groups -OCH3 is 1. The standard InChI is InChI=1S/C14H21NO3/c1-11(2)8-15-9-14(16)18-10-12-5-4-6-13(7-12)17-3/h4-7,11,15H,8-10H2,1-3H3. The van der Waals surface area contributed by atoms with Gasteiger partial charge in [0.05, 0.1) is 13.7 Å². The fourth-order valence-electron chi connectivity index (χ4n) is 1.44. The fraction of sp³-hybridized carbons (Fsp3) is 0.500. The van der Waals surface area contributed by atoms with Crippen molar-refractivity contribution in [1.82, 2.24) is 5.32 Å². The van der Waals surface area contributed by atoms with E-state index in [9.17, 15) is 4.79 Å². The van der Waals surface area contributed by atoms with Crippen molar-refractivity contribution < 1.29 is 14.3 Å². The zero-order chi connectivity index (χ0) is 13.4. The number of nitrogens with one attached hydrogen (secondary N) is 1. The molecule has 0 heterocycles. The molecular weight excluding hydrogens is 230 g/mol. The van der Waals surface area contributed by atoms with Crippen molar-refractivity contribution >= 4 is 5.97 Å². The van der Waals surface area contributed by atoms with Crippen molar-refractivity contribution in [3.05, 3.63) is 29.8 Å². The van der Waals surface area contributed by atoms with Gasteiger partial charge in [0.2, 0.25) is 0 Å². The molecule has 0 atom stereocenters. The van der Waals surface area contributed by atoms with Crippen LogP contribution >= 0.6 is 0 Å². The smallest absolute Gasteiger partial charge is 0.320 e. The monoisotopic (exact) mass is 251 g/mol. The zero-order valence-corrected chi connectivity index (χ0v) is 11.2. The average molecular weight is 251 g/mol. The van der Waals surface area contributed by atoms with Gasteiger partial charge in [0.25, 0.3) is 0 Å². The Hall–Kier alpha value is -1.55. The summed E-state index contributed by atoms with van der Waals surface area (Å²) in [4.78, 5) is 11.4. The molecule has 1 N–H and O–H groups in total. The minimum absolute atomic E-state index is 0.238. The highest BCUT2D eigenvalue weighted by Crippen LogP contribution is 2.13. The first-order valence-electron chi connectivity index (χ1n) is 6.11. The van der Waals surface area contributed by atoms with Gasteiger partial charge in [-0.3, -0.25) is 4.79 Å². The molecule has 0 bridgehead atoms. The highest BCUT2D eigenvalue weighted by atomic mass is 16.5. The van der Waals surface area contributed by atoms with Crippen molar-refractivity contribution in [3.8, 4) is 5.75 Å². The van der Waals surface area contributed by atoms with Gasteiger partial charge < -0.3 is 14.8 Å². The van der Waals surface area contributed by atoms with Crippen LogP contribution in [0.25, 0.3) is 0 Å². The Morgan fingerprint density at radius 1 is 1.39 bits per heavy atom. The van der Waals surface area contributed by atoms with E-state index in [1.54, 1.807) is 7.11 Å². The lowest BCUT2D eigenvalue weighted by atomic mass is 10.2. The number of hydrogen-bond donors (Lipinski definition) is 1. The summed E-state index contributed by atoms with van der Waals surface area (Å²) < 4.78 is 10.3. The Kier molecular flexibility index (Phi) is 6.22. The molecule has 100 valence electrons. The second kappa shape index (κ2) is 7.71. The molecule has 1 rings (SSSR count). The molecular formula is C14H21NO3. The van der Waals surface area contributed by atoms with E-state index < -0.39 is 0 Å². The van der Waals surface area contributed by atoms with Crippen LogP contribution in [0.2, 0.25) is 0 Å². The molecule has 0 radical (unpaired) electrons. The van der Waals surface area contributed by atoms with Crippen molar-refractivity contribution in [2.24, 2.45) is 5.92 Å². The second-order valence-corrected chi connectivity index (χ2v) is 4.54. The van der Waals surface area contributed by atoms with Crippen LogP contribution in [-0.4, -0.2) is 26.2 Å². The summed E-state index contributed by atoms with van der Waals surface area (Å²) in [6.07, 6.45) is 0. The van der Waals surface area contributed by atoms with Gasteiger partial charge in [0, 0.05) is 0 Å². The third kappa shape index (κ3) is 5.68. The van der Waals surface area contributed by atoms with Gasteiger partial charge in [-0.05, 0) is 30.2 Å². The largest absolute Gasteiger partial charge is 0.497 e. The molecule has 1 aromatic rings. The average Bonchev–Trinajstić information content (AvgIpc) is 2.36. The number of rotatable bonds is 7. The molecule has 0 fully saturated rings. The van der Waals surface area contributed by atoms with Crippen molar-refractivity contribution in [2.45, 2.75) is 20.5 Å². The van der Waals surface area contributed by atoms with Crippen LogP contribution in [0.5, 0.6) is 5.75 Å². The van der Waals surface area contributed by atoms with Crippen LogP contribution in [0, 0.1) is 5.92 Å². The molecule has 0 aliphatic carbocycles. The van der Waals surface area contributed by atoms with Crippen LogP contribution in [-0.2, 0) is 16.1 Å². The van der Waals surface area contributed by atoms with Crippen molar-refractivity contribution in [3.63, 3.8) is 0 Å². The lowest BCUT2D eigenvalue weighted by Gasteiger charge is -2.08. The Morgan fingerprint density at radius 3 is 2.83 bits per heavy atom. The Bertz CT molecular complexity index is 377. The molecule has 0 aliphatic heterocycles. The minimum atomic E-state index is -0.238. The van der Waals surface area contributed by atoms with Crippen LogP contribution in [0.3, 0.4) is 0 Å². The van der Waals surface area contributed by atoms with Gasteiger partial charge in [0.1, 0.15) is 12.4 Å². The maximum Gasteiger partial charge on any atom is 0.320 e. The van der Waals surface area contributed by atoms with Gasteiger partial charge in [-0.25, -0.2) is 0 Å². The van der Waals surface area contributed by atoms with Crippen LogP contribution in [0.1, 0.15) is 19.4 Å². The number of carbonyl (C=O) groups is 1. The number of carbonyl (C=O) groups excluding carboxylic acids is 1. The normalized spacial score (nSPS) is 10.4. The number of ether oxygens (including phenoxy) is 2. The van der Waals surface area contributed by atoms with E-state index >= 15 is 0 Å². The summed E-state index contributed by atoms with van der Waals surface area (Å²) in [5, 5.41) is 3.04. The second-order valence-electron chi connectivity index (χ2n) is 4.54. The molecule has 0 unspecified atom stereocenters. The van der Waals surface area contributed by atoms with E-state index in [2.05, 4.69) is 19.2 Å². The number of esters is 1. The zero-order valence-electron chi connectivity index (χ0n) is 11.2. The third-order valence-corrected chi connectivity index (χ3v) is 2.36. The molecule has 0 saturated heterocycles. The van der Waals surface area contributed by atoms with Crippen molar-refractivity contribution in [1.29, 1.82) is 0 Å². The molecule has 0 aliphatic rings. The Balaban J connectivity index is 2.29. The molecule has 4 heteroatoms. The third-order valence-electron chi connectivity index (χ3n) is 2.36.